The van der Waals surface area contributed by atoms with Crippen molar-refractivity contribution in [2.75, 3.05) is 19.6 Å². The van der Waals surface area contributed by atoms with Gasteiger partial charge in [-0.05, 0) is 38.9 Å². The summed E-state index contributed by atoms with van der Waals surface area (Å²) in [5, 5.41) is 0. The lowest BCUT2D eigenvalue weighted by Crippen LogP contribution is -2.41. The molecule has 0 aromatic heterocycles. The molecule has 4 N–H and O–H groups in total. The van der Waals surface area contributed by atoms with E-state index in [1.807, 2.05) is 0 Å². The first kappa shape index (κ1) is 11.9. The molecule has 74 valence electrons. The van der Waals surface area contributed by atoms with Crippen LogP contribution in [0.1, 0.15) is 33.1 Å². The molecule has 0 aromatic carbocycles. The molecule has 0 saturated carbocycles. The third kappa shape index (κ3) is 4.70. The minimum atomic E-state index is 0.228. The highest BCUT2D eigenvalue weighted by atomic mass is 15.2. The van der Waals surface area contributed by atoms with Gasteiger partial charge in [0.15, 0.2) is 0 Å². The molecule has 1 atom stereocenters. The second-order valence-electron chi connectivity index (χ2n) is 3.07. The lowest BCUT2D eigenvalue weighted by Gasteiger charge is -2.25. The molecule has 0 radical (unpaired) electrons. The summed E-state index contributed by atoms with van der Waals surface area (Å²) in [6.07, 6.45) is 3.54. The van der Waals surface area contributed by atoms with Crippen molar-refractivity contribution < 1.29 is 0 Å². The maximum Gasteiger partial charge on any atom is 0.0571 e. The van der Waals surface area contributed by atoms with Gasteiger partial charge in [-0.1, -0.05) is 13.8 Å². The summed E-state index contributed by atoms with van der Waals surface area (Å²) in [6.45, 7) is 7.16. The van der Waals surface area contributed by atoms with Crippen LogP contribution in [0.5, 0.6) is 0 Å². The summed E-state index contributed by atoms with van der Waals surface area (Å²) in [5.74, 6) is 0. The van der Waals surface area contributed by atoms with E-state index in [0.29, 0.717) is 0 Å². The van der Waals surface area contributed by atoms with Crippen molar-refractivity contribution in [2.45, 2.75) is 39.3 Å². The Balaban J connectivity index is 3.47. The van der Waals surface area contributed by atoms with E-state index in [0.717, 1.165) is 38.9 Å². The molecule has 0 aliphatic rings. The summed E-state index contributed by atoms with van der Waals surface area (Å²) in [7, 11) is 0. The Bertz CT molecular complexity index is 91.8. The van der Waals surface area contributed by atoms with Gasteiger partial charge >= 0.3 is 0 Å². The summed E-state index contributed by atoms with van der Waals surface area (Å²) in [4.78, 5) is 2.27. The Morgan fingerprint density at radius 1 is 1.17 bits per heavy atom. The molecule has 0 aliphatic carbocycles. The SMILES string of the molecule is CCN(CC)C(N)CCCCN. The van der Waals surface area contributed by atoms with Crippen molar-refractivity contribution in [2.24, 2.45) is 11.5 Å². The van der Waals surface area contributed by atoms with Crippen LogP contribution in [0.3, 0.4) is 0 Å². The highest BCUT2D eigenvalue weighted by Crippen LogP contribution is 2.02. The number of unbranched alkanes of at least 4 members (excludes halogenated alkanes) is 1. The van der Waals surface area contributed by atoms with Crippen LogP contribution in [0.4, 0.5) is 0 Å². The monoisotopic (exact) mass is 173 g/mol. The van der Waals surface area contributed by atoms with Gasteiger partial charge in [0.2, 0.25) is 0 Å². The largest absolute Gasteiger partial charge is 0.330 e. The van der Waals surface area contributed by atoms with E-state index in [4.69, 9.17) is 11.5 Å². The van der Waals surface area contributed by atoms with E-state index >= 15 is 0 Å². The molecule has 0 heterocycles. The zero-order chi connectivity index (χ0) is 9.40. The molecule has 12 heavy (non-hydrogen) atoms. The first-order valence-corrected chi connectivity index (χ1v) is 4.95. The van der Waals surface area contributed by atoms with Crippen molar-refractivity contribution in [3.8, 4) is 0 Å². The van der Waals surface area contributed by atoms with Gasteiger partial charge in [0.05, 0.1) is 6.17 Å². The molecule has 0 aromatic rings. The second kappa shape index (κ2) is 7.53. The van der Waals surface area contributed by atoms with Gasteiger partial charge in [0, 0.05) is 0 Å². The van der Waals surface area contributed by atoms with Gasteiger partial charge < -0.3 is 11.5 Å². The van der Waals surface area contributed by atoms with Gasteiger partial charge in [-0.15, -0.1) is 0 Å². The predicted octanol–water partition coefficient (Wildman–Crippen LogP) is 0.742. The Morgan fingerprint density at radius 2 is 1.75 bits per heavy atom. The van der Waals surface area contributed by atoms with Gasteiger partial charge in [-0.3, -0.25) is 4.90 Å². The molecule has 0 saturated heterocycles. The fourth-order valence-electron chi connectivity index (χ4n) is 1.37. The lowest BCUT2D eigenvalue weighted by molar-refractivity contribution is 0.207. The minimum Gasteiger partial charge on any atom is -0.330 e. The fraction of sp³-hybridized carbons (Fsp3) is 1.00. The average molecular weight is 173 g/mol. The molecular formula is C9H23N3. The van der Waals surface area contributed by atoms with Crippen LogP contribution in [0.15, 0.2) is 0 Å². The molecule has 3 heteroatoms. The van der Waals surface area contributed by atoms with E-state index < -0.39 is 0 Å². The van der Waals surface area contributed by atoms with Crippen molar-refractivity contribution in [3.05, 3.63) is 0 Å². The van der Waals surface area contributed by atoms with Crippen LogP contribution in [0.25, 0.3) is 0 Å². The molecule has 0 bridgehead atoms. The van der Waals surface area contributed by atoms with Crippen LogP contribution in [-0.2, 0) is 0 Å². The van der Waals surface area contributed by atoms with Crippen LogP contribution < -0.4 is 11.5 Å². The maximum atomic E-state index is 5.96. The summed E-state index contributed by atoms with van der Waals surface area (Å²) >= 11 is 0. The molecule has 0 aliphatic heterocycles. The van der Waals surface area contributed by atoms with Crippen LogP contribution in [-0.4, -0.2) is 30.7 Å². The Kier molecular flexibility index (Phi) is 7.45. The highest BCUT2D eigenvalue weighted by Gasteiger charge is 2.08. The van der Waals surface area contributed by atoms with Crippen molar-refractivity contribution in [1.29, 1.82) is 0 Å². The number of hydrogen-bond acceptors (Lipinski definition) is 3. The third-order valence-electron chi connectivity index (χ3n) is 2.24. The number of hydrogen-bond donors (Lipinski definition) is 2. The molecular weight excluding hydrogens is 150 g/mol. The molecule has 0 amide bonds. The Morgan fingerprint density at radius 3 is 2.17 bits per heavy atom. The molecule has 0 rings (SSSR count). The van der Waals surface area contributed by atoms with E-state index in [1.54, 1.807) is 0 Å². The van der Waals surface area contributed by atoms with Gasteiger partial charge in [0.25, 0.3) is 0 Å². The summed E-state index contributed by atoms with van der Waals surface area (Å²) in [5.41, 5.74) is 11.4. The number of nitrogens with zero attached hydrogens (tertiary/aromatic N) is 1. The number of rotatable bonds is 7. The van der Waals surface area contributed by atoms with Gasteiger partial charge in [0.1, 0.15) is 0 Å². The normalized spacial score (nSPS) is 13.8. The number of nitrogens with two attached hydrogens (primary N) is 2. The third-order valence-corrected chi connectivity index (χ3v) is 2.24. The van der Waals surface area contributed by atoms with E-state index in [1.165, 1.54) is 0 Å². The highest BCUT2D eigenvalue weighted by molar-refractivity contribution is 4.62. The molecule has 0 fully saturated rings. The average Bonchev–Trinajstić information content (AvgIpc) is 2.07. The first-order valence-electron chi connectivity index (χ1n) is 4.95. The molecule has 3 nitrogen and oxygen atoms in total. The Hall–Kier alpha value is -0.120. The van der Waals surface area contributed by atoms with Gasteiger partial charge in [-0.2, -0.15) is 0 Å². The van der Waals surface area contributed by atoms with Crippen LogP contribution >= 0.6 is 0 Å². The minimum absolute atomic E-state index is 0.228. The zero-order valence-corrected chi connectivity index (χ0v) is 8.42. The van der Waals surface area contributed by atoms with E-state index in [-0.39, 0.29) is 6.17 Å². The van der Waals surface area contributed by atoms with Crippen molar-refractivity contribution in [3.63, 3.8) is 0 Å². The van der Waals surface area contributed by atoms with Gasteiger partial charge in [-0.25, -0.2) is 0 Å². The first-order chi connectivity index (χ1) is 5.76. The Labute approximate surface area is 76.1 Å². The van der Waals surface area contributed by atoms with E-state index in [2.05, 4.69) is 18.7 Å². The topological polar surface area (TPSA) is 55.3 Å². The zero-order valence-electron chi connectivity index (χ0n) is 8.42. The van der Waals surface area contributed by atoms with E-state index in [9.17, 15) is 0 Å². The maximum absolute atomic E-state index is 5.96. The van der Waals surface area contributed by atoms with Crippen molar-refractivity contribution >= 4 is 0 Å². The molecule has 0 spiro atoms. The quantitative estimate of drug-likeness (QED) is 0.441. The van der Waals surface area contributed by atoms with Crippen LogP contribution in [0.2, 0.25) is 0 Å². The fourth-order valence-corrected chi connectivity index (χ4v) is 1.37. The smallest absolute Gasteiger partial charge is 0.0571 e. The van der Waals surface area contributed by atoms with Crippen molar-refractivity contribution in [1.82, 2.24) is 4.90 Å². The standard InChI is InChI=1S/C9H23N3/c1-3-12(4-2)9(11)7-5-6-8-10/h9H,3-8,10-11H2,1-2H3. The van der Waals surface area contributed by atoms with Crippen LogP contribution in [0, 0.1) is 0 Å². The second-order valence-corrected chi connectivity index (χ2v) is 3.07. The predicted molar refractivity (Wildman–Crippen MR) is 53.8 cm³/mol. The molecule has 1 unspecified atom stereocenters. The lowest BCUT2D eigenvalue weighted by atomic mass is 10.2. The summed E-state index contributed by atoms with van der Waals surface area (Å²) in [6, 6.07) is 0. The summed E-state index contributed by atoms with van der Waals surface area (Å²) < 4.78 is 0.